The lowest BCUT2D eigenvalue weighted by atomic mass is 9.81. The third kappa shape index (κ3) is 7.05. The van der Waals surface area contributed by atoms with E-state index in [2.05, 4.69) is 15.1 Å². The molecule has 5 nitrogen and oxygen atoms in total. The van der Waals surface area contributed by atoms with Gasteiger partial charge in [-0.05, 0) is 72.5 Å². The summed E-state index contributed by atoms with van der Waals surface area (Å²) in [6.07, 6.45) is -4.59. The molecule has 0 radical (unpaired) electrons. The summed E-state index contributed by atoms with van der Waals surface area (Å²) < 4.78 is 103. The predicted octanol–water partition coefficient (Wildman–Crippen LogP) is 6.51. The molecule has 3 aromatic rings. The van der Waals surface area contributed by atoms with Gasteiger partial charge in [-0.2, -0.15) is 0 Å². The highest BCUT2D eigenvalue weighted by molar-refractivity contribution is 7.93. The zero-order chi connectivity index (χ0) is 26.6. The van der Waals surface area contributed by atoms with E-state index in [1.54, 1.807) is 24.3 Å². The maximum absolute atomic E-state index is 13.5. The summed E-state index contributed by atoms with van der Waals surface area (Å²) in [7, 11) is -4.22. The Hall–Kier alpha value is -3.49. The largest absolute Gasteiger partial charge is 0.573 e. The van der Waals surface area contributed by atoms with Crippen LogP contribution in [-0.2, 0) is 14.8 Å². The summed E-state index contributed by atoms with van der Waals surface area (Å²) in [5.41, 5.74) is 1.48. The van der Waals surface area contributed by atoms with Crippen molar-refractivity contribution in [2.24, 2.45) is 5.92 Å². The summed E-state index contributed by atoms with van der Waals surface area (Å²) in [6, 6.07) is 18.1. The number of rotatable bonds is 5. The van der Waals surface area contributed by atoms with Gasteiger partial charge < -0.3 is 9.47 Å². The van der Waals surface area contributed by atoms with Crippen molar-refractivity contribution in [2.75, 3.05) is 6.61 Å². The van der Waals surface area contributed by atoms with Crippen LogP contribution in [0.4, 0.5) is 22.0 Å². The minimum atomic E-state index is -4.90. The molecule has 11 heteroatoms. The monoisotopic (exact) mass is 538 g/mol. The Balaban J connectivity index is 1.54. The molecule has 1 aliphatic heterocycles. The van der Waals surface area contributed by atoms with E-state index in [4.69, 9.17) is 4.74 Å². The van der Waals surface area contributed by atoms with E-state index in [0.717, 1.165) is 35.4 Å². The van der Waals surface area contributed by atoms with Gasteiger partial charge in [-0.3, -0.25) is 0 Å². The molecule has 1 unspecified atom stereocenters. The van der Waals surface area contributed by atoms with Crippen LogP contribution in [0.2, 0.25) is 0 Å². The van der Waals surface area contributed by atoms with Crippen LogP contribution in [0.1, 0.15) is 29.9 Å². The number of sulfonamides is 1. The van der Waals surface area contributed by atoms with Crippen LogP contribution < -0.4 is 4.74 Å². The van der Waals surface area contributed by atoms with E-state index >= 15 is 0 Å². The van der Waals surface area contributed by atoms with Crippen molar-refractivity contribution in [3.8, 4) is 11.8 Å². The molecule has 0 N–H and O–H groups in total. The van der Waals surface area contributed by atoms with Crippen molar-refractivity contribution in [2.45, 2.75) is 36.1 Å². The van der Waals surface area contributed by atoms with Crippen LogP contribution in [0.5, 0.6) is 5.75 Å². The highest BCUT2D eigenvalue weighted by atomic mass is 32.2. The molecule has 4 rings (SSSR count). The fourth-order valence-corrected chi connectivity index (χ4v) is 5.02. The van der Waals surface area contributed by atoms with Crippen molar-refractivity contribution < 1.29 is 39.8 Å². The molecule has 0 amide bonds. The van der Waals surface area contributed by atoms with E-state index in [9.17, 15) is 30.4 Å². The van der Waals surface area contributed by atoms with Crippen LogP contribution in [-0.4, -0.2) is 27.5 Å². The number of hydrogen-bond acceptors (Lipinski definition) is 4. The fourth-order valence-electron chi connectivity index (χ4n) is 4.15. The Bertz CT molecular complexity index is 1340. The Labute approximate surface area is 210 Å². The van der Waals surface area contributed by atoms with Crippen molar-refractivity contribution in [1.29, 1.82) is 0 Å². The molecule has 1 fully saturated rings. The first-order valence-electron chi connectivity index (χ1n) is 11.2. The molecule has 1 aliphatic rings. The standard InChI is InChI=1S/C26H21F5NO4S/c27-20-5-1-18(2-6-20)25(19-3-7-21(28)8-4-19)24-15-17(13-14-35-24)16-32-37(33,34)23-11-9-22(10-12-23)36-26(29,30)31/h1-12,17,24-25H,13-15H2/q+1/t17?,24-/m0/s1. The minimum Gasteiger partial charge on any atom is -0.406 e. The molecule has 0 aromatic heterocycles. The number of alkyl halides is 3. The average molecular weight is 539 g/mol. The van der Waals surface area contributed by atoms with Crippen molar-refractivity contribution in [1.82, 2.24) is 0 Å². The molecular formula is C26H21F5NO4S+. The van der Waals surface area contributed by atoms with Crippen LogP contribution in [0.25, 0.3) is 4.25 Å². The Morgan fingerprint density at radius 2 is 1.43 bits per heavy atom. The number of hydrogen-bond donors (Lipinski definition) is 0. The molecule has 0 saturated carbocycles. The lowest BCUT2D eigenvalue weighted by Crippen LogP contribution is -2.31. The van der Waals surface area contributed by atoms with Gasteiger partial charge >= 0.3 is 22.5 Å². The Morgan fingerprint density at radius 1 is 0.892 bits per heavy atom. The van der Waals surface area contributed by atoms with E-state index in [0.29, 0.717) is 12.8 Å². The van der Waals surface area contributed by atoms with Gasteiger partial charge in [0.05, 0.1) is 16.3 Å². The lowest BCUT2D eigenvalue weighted by molar-refractivity contribution is -0.274. The topological polar surface area (TPSA) is 57.0 Å². The maximum atomic E-state index is 13.5. The lowest BCUT2D eigenvalue weighted by Gasteiger charge is -2.32. The molecule has 1 heterocycles. The van der Waals surface area contributed by atoms with E-state index in [-0.39, 0.29) is 17.4 Å². The number of nitrogens with zero attached hydrogens (tertiary/aromatic N) is 1. The highest BCUT2D eigenvalue weighted by Gasteiger charge is 2.35. The second kappa shape index (κ2) is 10.9. The third-order valence-corrected chi connectivity index (χ3v) is 7.07. The molecule has 194 valence electrons. The summed E-state index contributed by atoms with van der Waals surface area (Å²) in [6.45, 7) is 0.278. The van der Waals surface area contributed by atoms with E-state index < -0.39 is 45.8 Å². The molecule has 0 bridgehead atoms. The number of benzene rings is 3. The summed E-state index contributed by atoms with van der Waals surface area (Å²) >= 11 is 0. The molecule has 37 heavy (non-hydrogen) atoms. The van der Waals surface area contributed by atoms with Gasteiger partial charge in [-0.15, -0.1) is 21.6 Å². The second-order valence-electron chi connectivity index (χ2n) is 8.43. The molecule has 2 atom stereocenters. The smallest absolute Gasteiger partial charge is 0.406 e. The molecule has 0 spiro atoms. The first kappa shape index (κ1) is 26.6. The normalized spacial score (nSPS) is 18.2. The van der Waals surface area contributed by atoms with Crippen molar-refractivity contribution in [3.05, 3.63) is 99.8 Å². The van der Waals surface area contributed by atoms with Crippen molar-refractivity contribution in [3.63, 3.8) is 0 Å². The van der Waals surface area contributed by atoms with Gasteiger partial charge in [-0.1, -0.05) is 24.3 Å². The first-order valence-corrected chi connectivity index (χ1v) is 12.6. The molecule has 1 saturated heterocycles. The van der Waals surface area contributed by atoms with E-state index in [1.807, 2.05) is 0 Å². The van der Waals surface area contributed by atoms with Gasteiger partial charge in [0, 0.05) is 12.5 Å². The zero-order valence-electron chi connectivity index (χ0n) is 19.2. The summed E-state index contributed by atoms with van der Waals surface area (Å²) in [4.78, 5) is -0.311. The molecule has 3 aromatic carbocycles. The van der Waals surface area contributed by atoms with Gasteiger partial charge in [0.15, 0.2) is 4.90 Å². The Morgan fingerprint density at radius 3 is 1.95 bits per heavy atom. The predicted molar refractivity (Wildman–Crippen MR) is 125 cm³/mol. The van der Waals surface area contributed by atoms with Gasteiger partial charge in [0.1, 0.15) is 17.4 Å². The van der Waals surface area contributed by atoms with Crippen LogP contribution >= 0.6 is 0 Å². The maximum Gasteiger partial charge on any atom is 0.573 e. The third-order valence-electron chi connectivity index (χ3n) is 5.86. The van der Waals surface area contributed by atoms with Gasteiger partial charge in [0.2, 0.25) is 0 Å². The van der Waals surface area contributed by atoms with Gasteiger partial charge in [-0.25, -0.2) is 8.78 Å². The highest BCUT2D eigenvalue weighted by Crippen LogP contribution is 2.36. The first-order chi connectivity index (χ1) is 17.5. The summed E-state index contributed by atoms with van der Waals surface area (Å²) in [5, 5.41) is 0. The molecular weight excluding hydrogens is 517 g/mol. The number of halogens is 5. The minimum absolute atomic E-state index is 0.278. The Kier molecular flexibility index (Phi) is 7.80. The quantitative estimate of drug-likeness (QED) is 0.348. The molecule has 0 aliphatic carbocycles. The van der Waals surface area contributed by atoms with E-state index in [1.165, 1.54) is 24.3 Å². The second-order valence-corrected chi connectivity index (χ2v) is 10.0. The average Bonchev–Trinajstić information content (AvgIpc) is 2.85. The SMILES string of the molecule is O=S(=O)([N+]#CC1CCO[C@H](C(c2ccc(F)cc2)c2ccc(F)cc2)C1)c1ccc(OC(F)(F)F)cc1. The van der Waals surface area contributed by atoms with Crippen LogP contribution in [0.3, 0.4) is 0 Å². The fraction of sp³-hybridized carbons (Fsp3) is 0.269. The van der Waals surface area contributed by atoms with Crippen molar-refractivity contribution >= 4 is 10.0 Å². The zero-order valence-corrected chi connectivity index (χ0v) is 20.0. The van der Waals surface area contributed by atoms with Crippen LogP contribution in [0, 0.1) is 23.6 Å². The number of ether oxygens (including phenoxy) is 2. The van der Waals surface area contributed by atoms with Gasteiger partial charge in [0.25, 0.3) is 0 Å². The van der Waals surface area contributed by atoms with Crippen LogP contribution in [0.15, 0.2) is 77.7 Å². The summed E-state index contributed by atoms with van der Waals surface area (Å²) in [5.74, 6) is -2.17.